The van der Waals surface area contributed by atoms with E-state index in [0.717, 1.165) is 25.3 Å². The number of benzene rings is 1. The third kappa shape index (κ3) is 3.43. The Labute approximate surface area is 150 Å². The fourth-order valence-corrected chi connectivity index (χ4v) is 3.31. The molecule has 0 spiro atoms. The van der Waals surface area contributed by atoms with Gasteiger partial charge in [0.25, 0.3) is 5.56 Å². The number of halogens is 1. The van der Waals surface area contributed by atoms with E-state index in [1.54, 1.807) is 17.0 Å². The summed E-state index contributed by atoms with van der Waals surface area (Å²) in [5, 5.41) is 3.47. The summed E-state index contributed by atoms with van der Waals surface area (Å²) in [5.41, 5.74) is 0.982. The number of nitrogens with one attached hydrogen (secondary N) is 1. The number of hydrogen-bond donors (Lipinski definition) is 1. The van der Waals surface area contributed by atoms with Gasteiger partial charge in [-0.05, 0) is 56.3 Å². The predicted molar refractivity (Wildman–Crippen MR) is 99.2 cm³/mol. The van der Waals surface area contributed by atoms with E-state index in [9.17, 15) is 9.18 Å². The average molecular weight is 353 g/mol. The van der Waals surface area contributed by atoms with E-state index in [1.807, 2.05) is 12.1 Å². The van der Waals surface area contributed by atoms with Gasteiger partial charge in [-0.25, -0.2) is 9.37 Å². The predicted octanol–water partition coefficient (Wildman–Crippen LogP) is 2.77. The molecule has 1 aliphatic heterocycles. The van der Waals surface area contributed by atoms with Crippen molar-refractivity contribution in [1.82, 2.24) is 19.4 Å². The van der Waals surface area contributed by atoms with Gasteiger partial charge in [0, 0.05) is 19.3 Å². The highest BCUT2D eigenvalue weighted by atomic mass is 19.1. The van der Waals surface area contributed by atoms with Crippen LogP contribution >= 0.6 is 0 Å². The van der Waals surface area contributed by atoms with Crippen molar-refractivity contribution in [2.24, 2.45) is 0 Å². The first kappa shape index (κ1) is 16.7. The Morgan fingerprint density at radius 3 is 2.77 bits per heavy atom. The second kappa shape index (κ2) is 7.21. The monoisotopic (exact) mass is 353 g/mol. The van der Waals surface area contributed by atoms with Gasteiger partial charge in [-0.3, -0.25) is 14.3 Å². The molecule has 1 saturated heterocycles. The molecule has 7 heteroatoms. The first-order valence-corrected chi connectivity index (χ1v) is 8.80. The number of aromatic nitrogens is 3. The molecule has 26 heavy (non-hydrogen) atoms. The normalized spacial score (nSPS) is 14.8. The zero-order chi connectivity index (χ0) is 17.9. The molecule has 4 rings (SSSR count). The molecular weight excluding hydrogens is 333 g/mol. The van der Waals surface area contributed by atoms with Crippen molar-refractivity contribution < 1.29 is 4.39 Å². The van der Waals surface area contributed by atoms with E-state index in [4.69, 9.17) is 0 Å². The first-order valence-electron chi connectivity index (χ1n) is 8.80. The van der Waals surface area contributed by atoms with Crippen molar-refractivity contribution in [2.75, 3.05) is 25.0 Å². The van der Waals surface area contributed by atoms with Crippen molar-refractivity contribution in [3.8, 4) is 0 Å². The van der Waals surface area contributed by atoms with Gasteiger partial charge in [0.15, 0.2) is 0 Å². The van der Waals surface area contributed by atoms with Gasteiger partial charge in [0.05, 0.1) is 22.8 Å². The number of nitrogens with zero attached hydrogens (tertiary/aromatic N) is 4. The molecule has 0 amide bonds. The second-order valence-electron chi connectivity index (χ2n) is 6.47. The van der Waals surface area contributed by atoms with Crippen LogP contribution in [0.4, 0.5) is 16.0 Å². The van der Waals surface area contributed by atoms with Crippen LogP contribution in [0.2, 0.25) is 0 Å². The standard InChI is InChI=1S/C19H20FN5O/c20-14-5-6-17-16(12-14)18(26)25(11-10-24-8-1-2-9-24)19(23-17)22-15-4-3-7-21-13-15/h3-7,12-13H,1-2,8-11H2,(H,22,23). The van der Waals surface area contributed by atoms with E-state index in [0.29, 0.717) is 23.4 Å². The lowest BCUT2D eigenvalue weighted by Gasteiger charge is -2.18. The molecule has 2 aromatic heterocycles. The molecule has 134 valence electrons. The molecule has 3 aromatic rings. The lowest BCUT2D eigenvalue weighted by Crippen LogP contribution is -2.31. The molecule has 0 atom stereocenters. The number of hydrogen-bond acceptors (Lipinski definition) is 5. The van der Waals surface area contributed by atoms with Crippen molar-refractivity contribution in [3.05, 3.63) is 58.9 Å². The van der Waals surface area contributed by atoms with Gasteiger partial charge in [-0.15, -0.1) is 0 Å². The maximum atomic E-state index is 13.6. The zero-order valence-electron chi connectivity index (χ0n) is 14.4. The highest BCUT2D eigenvalue weighted by Crippen LogP contribution is 2.17. The quantitative estimate of drug-likeness (QED) is 0.764. The van der Waals surface area contributed by atoms with Crippen LogP contribution in [-0.2, 0) is 6.54 Å². The molecular formula is C19H20FN5O. The Morgan fingerprint density at radius 1 is 1.15 bits per heavy atom. The minimum Gasteiger partial charge on any atom is -0.324 e. The molecule has 0 aliphatic carbocycles. The van der Waals surface area contributed by atoms with Crippen LogP contribution in [0, 0.1) is 5.82 Å². The topological polar surface area (TPSA) is 63.1 Å². The highest BCUT2D eigenvalue weighted by molar-refractivity contribution is 5.79. The highest BCUT2D eigenvalue weighted by Gasteiger charge is 2.15. The third-order valence-corrected chi connectivity index (χ3v) is 4.67. The summed E-state index contributed by atoms with van der Waals surface area (Å²) in [7, 11) is 0. The van der Waals surface area contributed by atoms with Gasteiger partial charge in [-0.2, -0.15) is 0 Å². The van der Waals surface area contributed by atoms with E-state index in [-0.39, 0.29) is 5.56 Å². The van der Waals surface area contributed by atoms with E-state index >= 15 is 0 Å². The number of fused-ring (bicyclic) bond motifs is 1. The number of likely N-dealkylation sites (tertiary alicyclic amines) is 1. The lowest BCUT2D eigenvalue weighted by atomic mass is 10.2. The Balaban J connectivity index is 1.74. The molecule has 0 radical (unpaired) electrons. The Kier molecular flexibility index (Phi) is 4.62. The SMILES string of the molecule is O=c1c2cc(F)ccc2nc(Nc2cccnc2)n1CCN1CCCC1. The minimum absolute atomic E-state index is 0.236. The van der Waals surface area contributed by atoms with Crippen LogP contribution in [0.25, 0.3) is 10.9 Å². The fraction of sp³-hybridized carbons (Fsp3) is 0.316. The van der Waals surface area contributed by atoms with Gasteiger partial charge < -0.3 is 10.2 Å². The van der Waals surface area contributed by atoms with Crippen LogP contribution < -0.4 is 10.9 Å². The Hall–Kier alpha value is -2.80. The van der Waals surface area contributed by atoms with Gasteiger partial charge in [0.1, 0.15) is 5.82 Å². The maximum absolute atomic E-state index is 13.6. The molecule has 1 N–H and O–H groups in total. The van der Waals surface area contributed by atoms with Crippen LogP contribution in [0.15, 0.2) is 47.5 Å². The summed E-state index contributed by atoms with van der Waals surface area (Å²) in [6.07, 6.45) is 5.74. The summed E-state index contributed by atoms with van der Waals surface area (Å²) >= 11 is 0. The number of pyridine rings is 1. The lowest BCUT2D eigenvalue weighted by molar-refractivity contribution is 0.321. The molecule has 1 aliphatic rings. The summed E-state index contributed by atoms with van der Waals surface area (Å²) in [6, 6.07) is 7.78. The van der Waals surface area contributed by atoms with Crippen LogP contribution in [0.5, 0.6) is 0 Å². The van der Waals surface area contributed by atoms with E-state index < -0.39 is 5.82 Å². The molecule has 3 heterocycles. The first-order chi connectivity index (χ1) is 12.7. The van der Waals surface area contributed by atoms with Gasteiger partial charge in [0.2, 0.25) is 5.95 Å². The summed E-state index contributed by atoms with van der Waals surface area (Å²) < 4.78 is 15.2. The van der Waals surface area contributed by atoms with Crippen LogP contribution in [0.3, 0.4) is 0 Å². The summed E-state index contributed by atoms with van der Waals surface area (Å²) in [6.45, 7) is 3.37. The minimum atomic E-state index is -0.435. The van der Waals surface area contributed by atoms with Gasteiger partial charge >= 0.3 is 0 Å². The summed E-state index contributed by atoms with van der Waals surface area (Å²) in [5.74, 6) is 0.0109. The van der Waals surface area contributed by atoms with Crippen LogP contribution in [0.1, 0.15) is 12.8 Å². The molecule has 0 unspecified atom stereocenters. The third-order valence-electron chi connectivity index (χ3n) is 4.67. The molecule has 0 saturated carbocycles. The largest absolute Gasteiger partial charge is 0.324 e. The second-order valence-corrected chi connectivity index (χ2v) is 6.47. The molecule has 0 bridgehead atoms. The zero-order valence-corrected chi connectivity index (χ0v) is 14.4. The van der Waals surface area contributed by atoms with Crippen molar-refractivity contribution in [1.29, 1.82) is 0 Å². The number of rotatable bonds is 5. The average Bonchev–Trinajstić information content (AvgIpc) is 3.17. The molecule has 1 fully saturated rings. The van der Waals surface area contributed by atoms with Crippen molar-refractivity contribution >= 4 is 22.5 Å². The maximum Gasteiger partial charge on any atom is 0.262 e. The van der Waals surface area contributed by atoms with E-state index in [2.05, 4.69) is 20.2 Å². The fourth-order valence-electron chi connectivity index (χ4n) is 3.31. The van der Waals surface area contributed by atoms with Crippen molar-refractivity contribution in [2.45, 2.75) is 19.4 Å². The Bertz CT molecular complexity index is 967. The smallest absolute Gasteiger partial charge is 0.262 e. The molecule has 1 aromatic carbocycles. The van der Waals surface area contributed by atoms with Crippen LogP contribution in [-0.4, -0.2) is 39.1 Å². The molecule has 6 nitrogen and oxygen atoms in total. The Morgan fingerprint density at radius 2 is 2.00 bits per heavy atom. The van der Waals surface area contributed by atoms with E-state index in [1.165, 1.54) is 31.0 Å². The number of anilines is 2. The van der Waals surface area contributed by atoms with Gasteiger partial charge in [-0.1, -0.05) is 0 Å². The van der Waals surface area contributed by atoms with Crippen molar-refractivity contribution in [3.63, 3.8) is 0 Å². The summed E-state index contributed by atoms with van der Waals surface area (Å²) in [4.78, 5) is 23.9.